The number of carbonyl (C=O) groups is 1. The lowest BCUT2D eigenvalue weighted by molar-refractivity contribution is 0.0963. The molecule has 0 saturated carbocycles. The van der Waals surface area contributed by atoms with Crippen LogP contribution in [-0.4, -0.2) is 18.1 Å². The normalized spacial score (nSPS) is 9.47. The maximum absolute atomic E-state index is 13.2. The van der Waals surface area contributed by atoms with Crippen molar-refractivity contribution >= 4 is 28.9 Å². The Morgan fingerprint density at radius 3 is 2.73 bits per heavy atom. The first-order chi connectivity index (χ1) is 7.04. The molecule has 0 saturated heterocycles. The van der Waals surface area contributed by atoms with Gasteiger partial charge in [-0.05, 0) is 30.4 Å². The molecule has 6 heteroatoms. The minimum Gasteiger partial charge on any atom is -0.376 e. The minimum absolute atomic E-state index is 0.0528. The van der Waals surface area contributed by atoms with Gasteiger partial charge in [-0.25, -0.2) is 4.39 Å². The van der Waals surface area contributed by atoms with E-state index in [2.05, 4.69) is 22.9 Å². The summed E-state index contributed by atoms with van der Waals surface area (Å²) in [6.45, 7) is 0. The average molecular weight is 227 g/mol. The maximum Gasteiger partial charge on any atom is 0.251 e. The van der Waals surface area contributed by atoms with Gasteiger partial charge in [0.15, 0.2) is 5.11 Å². The summed E-state index contributed by atoms with van der Waals surface area (Å²) in [4.78, 5) is 11.2. The molecule has 1 aromatic rings. The Bertz CT molecular complexity index is 408. The lowest BCUT2D eigenvalue weighted by atomic mass is 10.2. The Hall–Kier alpha value is -1.69. The Labute approximate surface area is 91.7 Å². The molecule has 0 spiro atoms. The van der Waals surface area contributed by atoms with Gasteiger partial charge in [-0.1, -0.05) is 0 Å². The van der Waals surface area contributed by atoms with Crippen LogP contribution in [0.1, 0.15) is 10.4 Å². The first-order valence-electron chi connectivity index (χ1n) is 4.12. The first kappa shape index (κ1) is 11.4. The highest BCUT2D eigenvalue weighted by Crippen LogP contribution is 2.15. The zero-order chi connectivity index (χ0) is 11.4. The zero-order valence-corrected chi connectivity index (χ0v) is 8.82. The number of amides is 1. The van der Waals surface area contributed by atoms with E-state index in [0.717, 1.165) is 0 Å². The monoisotopic (exact) mass is 227 g/mol. The molecular weight excluding hydrogens is 217 g/mol. The lowest BCUT2D eigenvalue weighted by Crippen LogP contribution is -2.21. The smallest absolute Gasteiger partial charge is 0.251 e. The van der Waals surface area contributed by atoms with Gasteiger partial charge < -0.3 is 16.4 Å². The summed E-state index contributed by atoms with van der Waals surface area (Å²) in [6.07, 6.45) is 0. The maximum atomic E-state index is 13.2. The first-order valence-corrected chi connectivity index (χ1v) is 4.53. The Balaban J connectivity index is 3.05. The second-order valence-corrected chi connectivity index (χ2v) is 3.20. The fraction of sp³-hybridized carbons (Fsp3) is 0.111. The molecule has 15 heavy (non-hydrogen) atoms. The molecule has 4 nitrogen and oxygen atoms in total. The number of carbonyl (C=O) groups excluding carboxylic acids is 1. The van der Waals surface area contributed by atoms with Gasteiger partial charge in [0, 0.05) is 12.6 Å². The van der Waals surface area contributed by atoms with E-state index in [1.165, 1.54) is 25.2 Å². The number of anilines is 1. The molecule has 4 N–H and O–H groups in total. The fourth-order valence-corrected chi connectivity index (χ4v) is 1.15. The molecule has 80 valence electrons. The van der Waals surface area contributed by atoms with Crippen LogP contribution in [0.4, 0.5) is 10.1 Å². The van der Waals surface area contributed by atoms with E-state index in [-0.39, 0.29) is 16.7 Å². The number of thiocarbonyl (C=S) groups is 1. The van der Waals surface area contributed by atoms with E-state index < -0.39 is 5.82 Å². The number of benzene rings is 1. The molecule has 1 rings (SSSR count). The molecule has 0 heterocycles. The highest BCUT2D eigenvalue weighted by Gasteiger charge is 2.08. The summed E-state index contributed by atoms with van der Waals surface area (Å²) in [5, 5.41) is 4.82. The average Bonchev–Trinajstić information content (AvgIpc) is 2.19. The summed E-state index contributed by atoms with van der Waals surface area (Å²) in [5.74, 6) is -0.823. The predicted molar refractivity (Wildman–Crippen MR) is 60.2 cm³/mol. The quantitative estimate of drug-likeness (QED) is 0.655. The largest absolute Gasteiger partial charge is 0.376 e. The number of nitrogens with two attached hydrogens (primary N) is 1. The van der Waals surface area contributed by atoms with Crippen LogP contribution < -0.4 is 16.4 Å². The molecule has 0 unspecified atom stereocenters. The third kappa shape index (κ3) is 2.88. The van der Waals surface area contributed by atoms with E-state index >= 15 is 0 Å². The summed E-state index contributed by atoms with van der Waals surface area (Å²) in [5.41, 5.74) is 5.62. The van der Waals surface area contributed by atoms with Gasteiger partial charge in [0.25, 0.3) is 5.91 Å². The number of rotatable bonds is 2. The second-order valence-electron chi connectivity index (χ2n) is 2.76. The van der Waals surface area contributed by atoms with Crippen LogP contribution in [-0.2, 0) is 0 Å². The SMILES string of the molecule is CNC(=O)c1ccc(F)c(NC(N)=S)c1. The molecule has 0 bridgehead atoms. The molecule has 0 aliphatic heterocycles. The second kappa shape index (κ2) is 4.70. The van der Waals surface area contributed by atoms with Gasteiger partial charge >= 0.3 is 0 Å². The highest BCUT2D eigenvalue weighted by atomic mass is 32.1. The van der Waals surface area contributed by atoms with Crippen molar-refractivity contribution in [1.82, 2.24) is 5.32 Å². The van der Waals surface area contributed by atoms with E-state index in [9.17, 15) is 9.18 Å². The number of nitrogens with one attached hydrogen (secondary N) is 2. The highest BCUT2D eigenvalue weighted by molar-refractivity contribution is 7.80. The lowest BCUT2D eigenvalue weighted by Gasteiger charge is -2.07. The Morgan fingerprint density at radius 1 is 1.53 bits per heavy atom. The molecule has 1 amide bonds. The molecule has 0 aliphatic carbocycles. The van der Waals surface area contributed by atoms with Gasteiger partial charge in [-0.2, -0.15) is 0 Å². The van der Waals surface area contributed by atoms with Crippen molar-refractivity contribution in [2.24, 2.45) is 5.73 Å². The van der Waals surface area contributed by atoms with Crippen LogP contribution in [0.5, 0.6) is 0 Å². The van der Waals surface area contributed by atoms with Gasteiger partial charge in [0.05, 0.1) is 5.69 Å². The fourth-order valence-electron chi connectivity index (χ4n) is 1.04. The molecule has 0 aromatic heterocycles. The topological polar surface area (TPSA) is 67.2 Å². The van der Waals surface area contributed by atoms with E-state index in [0.29, 0.717) is 5.56 Å². The van der Waals surface area contributed by atoms with E-state index in [1.807, 2.05) is 0 Å². The standard InChI is InChI=1S/C9H10FN3OS/c1-12-8(14)5-2-3-6(10)7(4-5)13-9(11)15/h2-4H,1H3,(H,12,14)(H3,11,13,15). The number of hydrogen-bond acceptors (Lipinski definition) is 2. The zero-order valence-electron chi connectivity index (χ0n) is 8.00. The minimum atomic E-state index is -0.518. The molecule has 0 fully saturated rings. The summed E-state index contributed by atoms with van der Waals surface area (Å²) in [6, 6.07) is 3.89. The number of halogens is 1. The predicted octanol–water partition coefficient (Wildman–Crippen LogP) is 0.841. The molecule has 0 atom stereocenters. The molecule has 0 aliphatic rings. The molecular formula is C9H10FN3OS. The molecule has 1 aromatic carbocycles. The van der Waals surface area contributed by atoms with Gasteiger partial charge in [-0.15, -0.1) is 0 Å². The summed E-state index contributed by atoms with van der Waals surface area (Å²) >= 11 is 4.57. The third-order valence-electron chi connectivity index (χ3n) is 1.71. The van der Waals surface area contributed by atoms with Crippen molar-refractivity contribution in [1.29, 1.82) is 0 Å². The van der Waals surface area contributed by atoms with Crippen molar-refractivity contribution in [3.63, 3.8) is 0 Å². The van der Waals surface area contributed by atoms with Crippen molar-refractivity contribution < 1.29 is 9.18 Å². The van der Waals surface area contributed by atoms with Crippen molar-refractivity contribution in [3.8, 4) is 0 Å². The van der Waals surface area contributed by atoms with Crippen LogP contribution in [0.3, 0.4) is 0 Å². The summed E-state index contributed by atoms with van der Waals surface area (Å²) in [7, 11) is 1.49. The van der Waals surface area contributed by atoms with Crippen LogP contribution in [0.15, 0.2) is 18.2 Å². The Kier molecular flexibility index (Phi) is 3.56. The van der Waals surface area contributed by atoms with Crippen molar-refractivity contribution in [3.05, 3.63) is 29.6 Å². The van der Waals surface area contributed by atoms with Crippen molar-refractivity contribution in [2.75, 3.05) is 12.4 Å². The van der Waals surface area contributed by atoms with E-state index in [1.54, 1.807) is 0 Å². The van der Waals surface area contributed by atoms with Gasteiger partial charge in [0.1, 0.15) is 5.82 Å². The van der Waals surface area contributed by atoms with Crippen LogP contribution >= 0.6 is 12.2 Å². The van der Waals surface area contributed by atoms with Crippen LogP contribution in [0, 0.1) is 5.82 Å². The van der Waals surface area contributed by atoms with Crippen LogP contribution in [0.2, 0.25) is 0 Å². The van der Waals surface area contributed by atoms with Gasteiger partial charge in [-0.3, -0.25) is 4.79 Å². The molecule has 0 radical (unpaired) electrons. The summed E-state index contributed by atoms with van der Waals surface area (Å²) < 4.78 is 13.2. The third-order valence-corrected chi connectivity index (χ3v) is 1.82. The Morgan fingerprint density at radius 2 is 2.20 bits per heavy atom. The van der Waals surface area contributed by atoms with E-state index in [4.69, 9.17) is 5.73 Å². The van der Waals surface area contributed by atoms with Crippen molar-refractivity contribution in [2.45, 2.75) is 0 Å². The van der Waals surface area contributed by atoms with Crippen LogP contribution in [0.25, 0.3) is 0 Å². The number of hydrogen-bond donors (Lipinski definition) is 3. The van der Waals surface area contributed by atoms with Gasteiger partial charge in [0.2, 0.25) is 0 Å².